The van der Waals surface area contributed by atoms with Crippen LogP contribution in [0, 0.1) is 11.3 Å². The van der Waals surface area contributed by atoms with Gasteiger partial charge in [-0.1, -0.05) is 23.2 Å². The van der Waals surface area contributed by atoms with E-state index in [0.717, 1.165) is 5.56 Å². The number of hydrogen-bond donors (Lipinski definition) is 0. The van der Waals surface area contributed by atoms with Crippen molar-refractivity contribution in [1.82, 2.24) is 0 Å². The van der Waals surface area contributed by atoms with Crippen molar-refractivity contribution >= 4 is 23.2 Å². The van der Waals surface area contributed by atoms with Crippen LogP contribution >= 0.6 is 23.2 Å². The molecule has 0 radical (unpaired) electrons. The molecule has 0 unspecified atom stereocenters. The standard InChI is InChI=1S/C9H7Cl2N/c10-8-4-7(2-1-3-12)5-9(11)6-8/h4-6H,1-2H2. The Morgan fingerprint density at radius 3 is 2.25 bits per heavy atom. The van der Waals surface area contributed by atoms with E-state index in [1.165, 1.54) is 0 Å². The fourth-order valence-electron chi connectivity index (χ4n) is 0.956. The van der Waals surface area contributed by atoms with Gasteiger partial charge in [-0.25, -0.2) is 0 Å². The maximum Gasteiger partial charge on any atom is 0.0625 e. The molecule has 1 rings (SSSR count). The number of aryl methyl sites for hydroxylation is 1. The van der Waals surface area contributed by atoms with E-state index in [1.807, 2.05) is 12.1 Å². The van der Waals surface area contributed by atoms with Gasteiger partial charge in [-0.2, -0.15) is 5.26 Å². The predicted octanol–water partition coefficient (Wildman–Crippen LogP) is 3.45. The monoisotopic (exact) mass is 199 g/mol. The van der Waals surface area contributed by atoms with Crippen LogP contribution in [0.1, 0.15) is 12.0 Å². The number of halogens is 2. The molecule has 0 fully saturated rings. The number of rotatable bonds is 2. The van der Waals surface area contributed by atoms with Crippen molar-refractivity contribution < 1.29 is 0 Å². The van der Waals surface area contributed by atoms with Crippen molar-refractivity contribution in [1.29, 1.82) is 5.26 Å². The van der Waals surface area contributed by atoms with Crippen LogP contribution in [-0.4, -0.2) is 0 Å². The van der Waals surface area contributed by atoms with Crippen molar-refractivity contribution in [3.05, 3.63) is 33.8 Å². The van der Waals surface area contributed by atoms with Crippen molar-refractivity contribution in [2.45, 2.75) is 12.8 Å². The molecule has 62 valence electrons. The highest BCUT2D eigenvalue weighted by Gasteiger charge is 1.97. The minimum absolute atomic E-state index is 0.497. The van der Waals surface area contributed by atoms with Gasteiger partial charge >= 0.3 is 0 Å². The lowest BCUT2D eigenvalue weighted by atomic mass is 10.1. The molecule has 0 N–H and O–H groups in total. The SMILES string of the molecule is N#CCCc1cc(Cl)cc(Cl)c1. The minimum Gasteiger partial charge on any atom is -0.198 e. The average molecular weight is 200 g/mol. The number of hydrogen-bond acceptors (Lipinski definition) is 1. The third-order valence-electron chi connectivity index (χ3n) is 1.45. The Morgan fingerprint density at radius 1 is 1.17 bits per heavy atom. The van der Waals surface area contributed by atoms with E-state index in [1.54, 1.807) is 6.07 Å². The molecule has 0 aromatic heterocycles. The van der Waals surface area contributed by atoms with Crippen LogP contribution in [0.2, 0.25) is 10.0 Å². The van der Waals surface area contributed by atoms with Gasteiger partial charge < -0.3 is 0 Å². The Hall–Kier alpha value is -0.710. The van der Waals surface area contributed by atoms with Gasteiger partial charge in [0.25, 0.3) is 0 Å². The number of benzene rings is 1. The Bertz CT molecular complexity index is 295. The zero-order valence-corrected chi connectivity index (χ0v) is 7.86. The summed E-state index contributed by atoms with van der Waals surface area (Å²) < 4.78 is 0. The molecule has 0 amide bonds. The smallest absolute Gasteiger partial charge is 0.0625 e. The summed E-state index contributed by atoms with van der Waals surface area (Å²) in [5, 5.41) is 9.59. The van der Waals surface area contributed by atoms with Gasteiger partial charge in [0.1, 0.15) is 0 Å². The second-order valence-electron chi connectivity index (χ2n) is 2.44. The van der Waals surface area contributed by atoms with E-state index in [0.29, 0.717) is 22.9 Å². The molecule has 0 atom stereocenters. The summed E-state index contributed by atoms with van der Waals surface area (Å²) in [5.74, 6) is 0. The first kappa shape index (κ1) is 9.38. The molecule has 12 heavy (non-hydrogen) atoms. The lowest BCUT2D eigenvalue weighted by Crippen LogP contribution is -1.83. The van der Waals surface area contributed by atoms with E-state index in [2.05, 4.69) is 6.07 Å². The largest absolute Gasteiger partial charge is 0.198 e. The van der Waals surface area contributed by atoms with Gasteiger partial charge in [-0.05, 0) is 30.2 Å². The van der Waals surface area contributed by atoms with Gasteiger partial charge in [0.05, 0.1) is 6.07 Å². The van der Waals surface area contributed by atoms with Crippen LogP contribution in [0.25, 0.3) is 0 Å². The molecule has 1 nitrogen and oxygen atoms in total. The van der Waals surface area contributed by atoms with E-state index >= 15 is 0 Å². The average Bonchev–Trinajstić information content (AvgIpc) is 1.99. The molecule has 1 aromatic carbocycles. The van der Waals surface area contributed by atoms with E-state index in [-0.39, 0.29) is 0 Å². The number of nitrogens with zero attached hydrogens (tertiary/aromatic N) is 1. The third-order valence-corrected chi connectivity index (χ3v) is 1.88. The number of nitriles is 1. The first-order valence-corrected chi connectivity index (χ1v) is 4.30. The van der Waals surface area contributed by atoms with Crippen molar-refractivity contribution in [3.63, 3.8) is 0 Å². The lowest BCUT2D eigenvalue weighted by molar-refractivity contribution is 1.01. The van der Waals surface area contributed by atoms with Crippen LogP contribution in [-0.2, 0) is 6.42 Å². The molecule has 0 aliphatic carbocycles. The molecule has 0 saturated heterocycles. The Morgan fingerprint density at radius 2 is 1.75 bits per heavy atom. The molecular weight excluding hydrogens is 193 g/mol. The second-order valence-corrected chi connectivity index (χ2v) is 3.31. The summed E-state index contributed by atoms with van der Waals surface area (Å²) in [6.07, 6.45) is 1.20. The van der Waals surface area contributed by atoms with Gasteiger partial charge in [0.15, 0.2) is 0 Å². The first-order chi connectivity index (χ1) is 5.72. The lowest BCUT2D eigenvalue weighted by Gasteiger charge is -1.99. The molecule has 1 aromatic rings. The zero-order valence-electron chi connectivity index (χ0n) is 6.35. The summed E-state index contributed by atoms with van der Waals surface area (Å²) in [6, 6.07) is 7.40. The Labute approximate surface area is 81.5 Å². The summed E-state index contributed by atoms with van der Waals surface area (Å²) in [6.45, 7) is 0. The molecule has 0 bridgehead atoms. The molecular formula is C9H7Cl2N. The van der Waals surface area contributed by atoms with Gasteiger partial charge in [0.2, 0.25) is 0 Å². The summed E-state index contributed by atoms with van der Waals surface area (Å²) >= 11 is 11.5. The van der Waals surface area contributed by atoms with Crippen molar-refractivity contribution in [2.24, 2.45) is 0 Å². The second kappa shape index (κ2) is 4.35. The quantitative estimate of drug-likeness (QED) is 0.717. The molecule has 0 aliphatic rings. The van der Waals surface area contributed by atoms with Crippen LogP contribution in [0.3, 0.4) is 0 Å². The molecule has 3 heteroatoms. The van der Waals surface area contributed by atoms with Crippen LogP contribution < -0.4 is 0 Å². The summed E-state index contributed by atoms with van der Waals surface area (Å²) in [7, 11) is 0. The van der Waals surface area contributed by atoms with Gasteiger partial charge in [-0.15, -0.1) is 0 Å². The summed E-state index contributed by atoms with van der Waals surface area (Å²) in [4.78, 5) is 0. The van der Waals surface area contributed by atoms with Gasteiger partial charge in [0, 0.05) is 16.5 Å². The molecule has 0 spiro atoms. The highest BCUT2D eigenvalue weighted by Crippen LogP contribution is 2.19. The molecule has 0 saturated carbocycles. The normalized spacial score (nSPS) is 9.42. The third kappa shape index (κ3) is 2.73. The van der Waals surface area contributed by atoms with Crippen molar-refractivity contribution in [3.8, 4) is 6.07 Å². The fourth-order valence-corrected chi connectivity index (χ4v) is 1.53. The van der Waals surface area contributed by atoms with Crippen LogP contribution in [0.5, 0.6) is 0 Å². The maximum absolute atomic E-state index is 8.35. The predicted molar refractivity (Wildman–Crippen MR) is 50.4 cm³/mol. The highest BCUT2D eigenvalue weighted by molar-refractivity contribution is 6.34. The maximum atomic E-state index is 8.35. The van der Waals surface area contributed by atoms with Crippen LogP contribution in [0.15, 0.2) is 18.2 Å². The topological polar surface area (TPSA) is 23.8 Å². The summed E-state index contributed by atoms with van der Waals surface area (Å²) in [5.41, 5.74) is 1.01. The highest BCUT2D eigenvalue weighted by atomic mass is 35.5. The van der Waals surface area contributed by atoms with Crippen LogP contribution in [0.4, 0.5) is 0 Å². The minimum atomic E-state index is 0.497. The Kier molecular flexibility index (Phi) is 3.40. The fraction of sp³-hybridized carbons (Fsp3) is 0.222. The van der Waals surface area contributed by atoms with E-state index < -0.39 is 0 Å². The van der Waals surface area contributed by atoms with E-state index in [9.17, 15) is 0 Å². The molecule has 0 aliphatic heterocycles. The van der Waals surface area contributed by atoms with Gasteiger partial charge in [-0.3, -0.25) is 0 Å². The zero-order chi connectivity index (χ0) is 8.97. The van der Waals surface area contributed by atoms with Crippen molar-refractivity contribution in [2.75, 3.05) is 0 Å². The first-order valence-electron chi connectivity index (χ1n) is 3.54. The van der Waals surface area contributed by atoms with E-state index in [4.69, 9.17) is 28.5 Å². The molecule has 0 heterocycles. The Balaban J connectivity index is 2.80.